The Morgan fingerprint density at radius 1 is 1.47 bits per heavy atom. The summed E-state index contributed by atoms with van der Waals surface area (Å²) in [7, 11) is 1.71. The summed E-state index contributed by atoms with van der Waals surface area (Å²) in [6.45, 7) is 5.78. The highest BCUT2D eigenvalue weighted by molar-refractivity contribution is 7.15. The van der Waals surface area contributed by atoms with Gasteiger partial charge in [-0.25, -0.2) is 4.98 Å². The van der Waals surface area contributed by atoms with Gasteiger partial charge in [-0.05, 0) is 26.0 Å². The lowest BCUT2D eigenvalue weighted by atomic mass is 10.2. The van der Waals surface area contributed by atoms with E-state index in [4.69, 9.17) is 4.74 Å². The van der Waals surface area contributed by atoms with E-state index >= 15 is 0 Å². The molecule has 0 bridgehead atoms. The first-order valence-electron chi connectivity index (χ1n) is 6.32. The topological polar surface area (TPSA) is 47.0 Å². The summed E-state index contributed by atoms with van der Waals surface area (Å²) in [5.41, 5.74) is 2.16. The van der Waals surface area contributed by atoms with Gasteiger partial charge in [-0.1, -0.05) is 0 Å². The van der Waals surface area contributed by atoms with Crippen molar-refractivity contribution in [1.29, 1.82) is 0 Å². The number of methoxy groups -OCH3 is 1. The van der Waals surface area contributed by atoms with Gasteiger partial charge in [-0.3, -0.25) is 4.98 Å². The van der Waals surface area contributed by atoms with Crippen LogP contribution >= 0.6 is 11.3 Å². The van der Waals surface area contributed by atoms with Gasteiger partial charge in [0.05, 0.1) is 12.3 Å². The van der Waals surface area contributed by atoms with Crippen LogP contribution in [-0.4, -0.2) is 30.2 Å². The molecular formula is C14H19N3OS. The maximum atomic E-state index is 5.05. The van der Waals surface area contributed by atoms with Crippen LogP contribution in [0.5, 0.6) is 0 Å². The maximum absolute atomic E-state index is 5.05. The molecule has 1 atom stereocenters. The van der Waals surface area contributed by atoms with Crippen molar-refractivity contribution in [3.8, 4) is 10.6 Å². The molecule has 2 rings (SSSR count). The maximum Gasteiger partial charge on any atom is 0.125 e. The van der Waals surface area contributed by atoms with Gasteiger partial charge in [0.15, 0.2) is 0 Å². The Morgan fingerprint density at radius 2 is 2.32 bits per heavy atom. The molecule has 0 radical (unpaired) electrons. The van der Waals surface area contributed by atoms with E-state index in [1.807, 2.05) is 18.3 Å². The Bertz CT molecular complexity index is 513. The molecular weight excluding hydrogens is 258 g/mol. The summed E-state index contributed by atoms with van der Waals surface area (Å²) < 4.78 is 5.05. The molecule has 19 heavy (non-hydrogen) atoms. The van der Waals surface area contributed by atoms with Crippen LogP contribution in [0, 0.1) is 6.92 Å². The number of hydrogen-bond acceptors (Lipinski definition) is 5. The Kier molecular flexibility index (Phi) is 5.01. The average Bonchev–Trinajstić information content (AvgIpc) is 2.82. The molecule has 4 nitrogen and oxygen atoms in total. The number of aryl methyl sites for hydroxylation is 1. The lowest BCUT2D eigenvalue weighted by molar-refractivity contribution is 0.196. The van der Waals surface area contributed by atoms with Crippen LogP contribution in [-0.2, 0) is 4.74 Å². The van der Waals surface area contributed by atoms with E-state index in [1.54, 1.807) is 24.6 Å². The fourth-order valence-electron chi connectivity index (χ4n) is 1.89. The molecule has 2 aromatic heterocycles. The minimum Gasteiger partial charge on any atom is -0.383 e. The summed E-state index contributed by atoms with van der Waals surface area (Å²) >= 11 is 1.72. The first kappa shape index (κ1) is 14.1. The van der Waals surface area contributed by atoms with Crippen molar-refractivity contribution < 1.29 is 4.74 Å². The third-order valence-electron chi connectivity index (χ3n) is 2.89. The van der Waals surface area contributed by atoms with Crippen LogP contribution < -0.4 is 5.32 Å². The molecule has 0 aliphatic heterocycles. The number of nitrogens with one attached hydrogen (secondary N) is 1. The lowest BCUT2D eigenvalue weighted by Crippen LogP contribution is -2.22. The molecule has 0 fully saturated rings. The lowest BCUT2D eigenvalue weighted by Gasteiger charge is -2.11. The van der Waals surface area contributed by atoms with Crippen LogP contribution in [0.25, 0.3) is 10.6 Å². The van der Waals surface area contributed by atoms with E-state index in [1.165, 1.54) is 4.88 Å². The fourth-order valence-corrected chi connectivity index (χ4v) is 2.98. The summed E-state index contributed by atoms with van der Waals surface area (Å²) in [5.74, 6) is 0. The van der Waals surface area contributed by atoms with Crippen molar-refractivity contribution in [2.24, 2.45) is 0 Å². The second-order valence-electron chi connectivity index (χ2n) is 4.38. The number of hydrogen-bond donors (Lipinski definition) is 1. The molecule has 1 N–H and O–H groups in total. The number of aromatic nitrogens is 2. The summed E-state index contributed by atoms with van der Waals surface area (Å²) in [4.78, 5) is 10.1. The van der Waals surface area contributed by atoms with Crippen molar-refractivity contribution in [2.45, 2.75) is 19.9 Å². The molecule has 1 unspecified atom stereocenters. The third-order valence-corrected chi connectivity index (χ3v) is 4.28. The number of nitrogens with zero attached hydrogens (tertiary/aromatic N) is 2. The smallest absolute Gasteiger partial charge is 0.125 e. The fraction of sp³-hybridized carbons (Fsp3) is 0.429. The number of pyridine rings is 1. The number of ether oxygens (including phenoxy) is 1. The standard InChI is InChI=1S/C14H19N3OS/c1-10(16-7-8-18-3)13-11(2)17-14(19-13)12-5-4-6-15-9-12/h4-6,9-10,16H,7-8H2,1-3H3. The molecule has 0 amide bonds. The molecule has 2 aromatic rings. The number of thiazole rings is 1. The van der Waals surface area contributed by atoms with Crippen LogP contribution in [0.15, 0.2) is 24.5 Å². The van der Waals surface area contributed by atoms with Crippen molar-refractivity contribution in [3.05, 3.63) is 35.1 Å². The Morgan fingerprint density at radius 3 is 3.00 bits per heavy atom. The van der Waals surface area contributed by atoms with Gasteiger partial charge in [0.2, 0.25) is 0 Å². The zero-order valence-electron chi connectivity index (χ0n) is 11.5. The van der Waals surface area contributed by atoms with Gasteiger partial charge in [-0.15, -0.1) is 11.3 Å². The average molecular weight is 277 g/mol. The molecule has 0 aliphatic carbocycles. The normalized spacial score (nSPS) is 12.6. The van der Waals surface area contributed by atoms with Gasteiger partial charge in [-0.2, -0.15) is 0 Å². The van der Waals surface area contributed by atoms with Gasteiger partial charge in [0.25, 0.3) is 0 Å². The summed E-state index contributed by atoms with van der Waals surface area (Å²) in [6.07, 6.45) is 3.63. The predicted molar refractivity (Wildman–Crippen MR) is 78.4 cm³/mol. The molecule has 2 heterocycles. The van der Waals surface area contributed by atoms with Crippen LogP contribution in [0.2, 0.25) is 0 Å². The van der Waals surface area contributed by atoms with E-state index in [0.717, 1.165) is 29.4 Å². The van der Waals surface area contributed by atoms with E-state index in [9.17, 15) is 0 Å². The van der Waals surface area contributed by atoms with Gasteiger partial charge >= 0.3 is 0 Å². The van der Waals surface area contributed by atoms with Gasteiger partial charge in [0.1, 0.15) is 5.01 Å². The van der Waals surface area contributed by atoms with E-state index in [0.29, 0.717) is 0 Å². The van der Waals surface area contributed by atoms with Crippen molar-refractivity contribution in [3.63, 3.8) is 0 Å². The third kappa shape index (κ3) is 3.59. The van der Waals surface area contributed by atoms with E-state index < -0.39 is 0 Å². The van der Waals surface area contributed by atoms with Gasteiger partial charge in [0, 0.05) is 42.5 Å². The highest BCUT2D eigenvalue weighted by atomic mass is 32.1. The SMILES string of the molecule is COCCNC(C)c1sc(-c2cccnc2)nc1C. The Balaban J connectivity index is 2.13. The molecule has 0 spiro atoms. The van der Waals surface area contributed by atoms with Crippen molar-refractivity contribution in [2.75, 3.05) is 20.3 Å². The van der Waals surface area contributed by atoms with E-state index in [-0.39, 0.29) is 6.04 Å². The minimum atomic E-state index is 0.290. The molecule has 0 saturated carbocycles. The highest BCUT2D eigenvalue weighted by Crippen LogP contribution is 2.31. The number of rotatable bonds is 6. The molecule has 0 aromatic carbocycles. The minimum absolute atomic E-state index is 0.290. The molecule has 102 valence electrons. The molecule has 0 saturated heterocycles. The van der Waals surface area contributed by atoms with Crippen molar-refractivity contribution >= 4 is 11.3 Å². The van der Waals surface area contributed by atoms with Crippen LogP contribution in [0.4, 0.5) is 0 Å². The molecule has 5 heteroatoms. The van der Waals surface area contributed by atoms with Gasteiger partial charge < -0.3 is 10.1 Å². The first-order valence-corrected chi connectivity index (χ1v) is 7.14. The highest BCUT2D eigenvalue weighted by Gasteiger charge is 2.14. The quantitative estimate of drug-likeness (QED) is 0.825. The largest absolute Gasteiger partial charge is 0.383 e. The predicted octanol–water partition coefficient (Wildman–Crippen LogP) is 2.81. The van der Waals surface area contributed by atoms with Crippen LogP contribution in [0.3, 0.4) is 0 Å². The second kappa shape index (κ2) is 6.75. The second-order valence-corrected chi connectivity index (χ2v) is 5.41. The zero-order chi connectivity index (χ0) is 13.7. The molecule has 0 aliphatic rings. The summed E-state index contributed by atoms with van der Waals surface area (Å²) in [6, 6.07) is 4.27. The van der Waals surface area contributed by atoms with Crippen LogP contribution in [0.1, 0.15) is 23.5 Å². The summed E-state index contributed by atoms with van der Waals surface area (Å²) in [5, 5.41) is 4.46. The Hall–Kier alpha value is -1.30. The monoisotopic (exact) mass is 277 g/mol. The first-order chi connectivity index (χ1) is 9.22. The Labute approximate surface area is 117 Å². The van der Waals surface area contributed by atoms with E-state index in [2.05, 4.69) is 29.1 Å². The van der Waals surface area contributed by atoms with Crippen molar-refractivity contribution in [1.82, 2.24) is 15.3 Å². The zero-order valence-corrected chi connectivity index (χ0v) is 12.3.